The fourth-order valence-electron chi connectivity index (χ4n) is 2.16. The Balaban J connectivity index is 2.10. The summed E-state index contributed by atoms with van der Waals surface area (Å²) in [6.07, 6.45) is 3.76. The van der Waals surface area contributed by atoms with Crippen LogP contribution in [0.25, 0.3) is 0 Å². The SMILES string of the molecule is CCCCCC(=O)NNC(=S)NC(=O)CCC(=O)OCCc1ccccc1. The Morgan fingerprint density at radius 1 is 0.963 bits per heavy atom. The number of carbonyl (C=O) groups is 3. The normalized spacial score (nSPS) is 9.96. The molecule has 0 aromatic heterocycles. The summed E-state index contributed by atoms with van der Waals surface area (Å²) in [6, 6.07) is 9.68. The predicted octanol–water partition coefficient (Wildman–Crippen LogP) is 2.15. The van der Waals surface area contributed by atoms with Gasteiger partial charge in [0.1, 0.15) is 0 Å². The maximum Gasteiger partial charge on any atom is 0.306 e. The molecule has 0 aliphatic rings. The first kappa shape index (κ1) is 22.6. The summed E-state index contributed by atoms with van der Waals surface area (Å²) in [5, 5.41) is 2.39. The summed E-state index contributed by atoms with van der Waals surface area (Å²) in [7, 11) is 0. The summed E-state index contributed by atoms with van der Waals surface area (Å²) >= 11 is 4.91. The van der Waals surface area contributed by atoms with Gasteiger partial charge in [-0.3, -0.25) is 25.2 Å². The Morgan fingerprint density at radius 3 is 2.41 bits per heavy atom. The highest BCUT2D eigenvalue weighted by atomic mass is 32.1. The molecule has 0 unspecified atom stereocenters. The molecular formula is C19H27N3O4S. The number of rotatable bonds is 10. The lowest BCUT2D eigenvalue weighted by Gasteiger charge is -2.10. The van der Waals surface area contributed by atoms with Gasteiger partial charge in [-0.05, 0) is 24.2 Å². The lowest BCUT2D eigenvalue weighted by molar-refractivity contribution is -0.144. The minimum absolute atomic E-state index is 0.0127. The van der Waals surface area contributed by atoms with E-state index in [1.54, 1.807) is 0 Å². The summed E-state index contributed by atoms with van der Waals surface area (Å²) in [6.45, 7) is 2.33. The molecule has 7 nitrogen and oxygen atoms in total. The monoisotopic (exact) mass is 393 g/mol. The number of unbranched alkanes of at least 4 members (excludes halogenated alkanes) is 2. The molecule has 3 N–H and O–H groups in total. The summed E-state index contributed by atoms with van der Waals surface area (Å²) < 4.78 is 5.10. The van der Waals surface area contributed by atoms with Crippen LogP contribution in [0.15, 0.2) is 30.3 Å². The van der Waals surface area contributed by atoms with Gasteiger partial charge in [0.05, 0.1) is 13.0 Å². The number of carbonyl (C=O) groups excluding carboxylic acids is 3. The smallest absolute Gasteiger partial charge is 0.306 e. The highest BCUT2D eigenvalue weighted by Gasteiger charge is 2.10. The number of amides is 2. The summed E-state index contributed by atoms with van der Waals surface area (Å²) in [5.74, 6) is -1.06. The van der Waals surface area contributed by atoms with E-state index in [4.69, 9.17) is 17.0 Å². The van der Waals surface area contributed by atoms with Gasteiger partial charge in [-0.2, -0.15) is 0 Å². The predicted molar refractivity (Wildman–Crippen MR) is 107 cm³/mol. The average molecular weight is 394 g/mol. The Hall–Kier alpha value is -2.48. The molecular weight excluding hydrogens is 366 g/mol. The Kier molecular flexibility index (Phi) is 11.4. The first-order valence-electron chi connectivity index (χ1n) is 9.09. The van der Waals surface area contributed by atoms with Gasteiger partial charge >= 0.3 is 5.97 Å². The lowest BCUT2D eigenvalue weighted by atomic mass is 10.2. The zero-order chi connectivity index (χ0) is 19.9. The van der Waals surface area contributed by atoms with Gasteiger partial charge in [0.2, 0.25) is 11.8 Å². The van der Waals surface area contributed by atoms with Crippen LogP contribution in [0.4, 0.5) is 0 Å². The van der Waals surface area contributed by atoms with Gasteiger partial charge in [-0.1, -0.05) is 50.1 Å². The van der Waals surface area contributed by atoms with E-state index in [9.17, 15) is 14.4 Å². The molecule has 0 atom stereocenters. The second-order valence-electron chi connectivity index (χ2n) is 5.96. The number of hydrogen-bond acceptors (Lipinski definition) is 5. The van der Waals surface area contributed by atoms with E-state index in [-0.39, 0.29) is 30.5 Å². The van der Waals surface area contributed by atoms with Crippen molar-refractivity contribution in [3.05, 3.63) is 35.9 Å². The van der Waals surface area contributed by atoms with Crippen molar-refractivity contribution in [3.63, 3.8) is 0 Å². The van der Waals surface area contributed by atoms with E-state index < -0.39 is 11.9 Å². The van der Waals surface area contributed by atoms with E-state index >= 15 is 0 Å². The van der Waals surface area contributed by atoms with Crippen LogP contribution in [0, 0.1) is 0 Å². The zero-order valence-electron chi connectivity index (χ0n) is 15.6. The second kappa shape index (κ2) is 13.7. The van der Waals surface area contributed by atoms with Gasteiger partial charge in [0.25, 0.3) is 0 Å². The maximum atomic E-state index is 11.7. The molecule has 27 heavy (non-hydrogen) atoms. The number of benzene rings is 1. The molecule has 0 heterocycles. The second-order valence-corrected chi connectivity index (χ2v) is 6.37. The van der Waals surface area contributed by atoms with E-state index in [1.807, 2.05) is 30.3 Å². The minimum Gasteiger partial charge on any atom is -0.465 e. The number of thiocarbonyl (C=S) groups is 1. The van der Waals surface area contributed by atoms with Crippen LogP contribution in [0.1, 0.15) is 51.0 Å². The number of ether oxygens (including phenoxy) is 1. The van der Waals surface area contributed by atoms with Gasteiger partial charge < -0.3 is 10.1 Å². The van der Waals surface area contributed by atoms with E-state index in [0.717, 1.165) is 24.8 Å². The standard InChI is InChI=1S/C19H27N3O4S/c1-2-3-5-10-17(24)21-22-19(27)20-16(23)11-12-18(25)26-14-13-15-8-6-4-7-9-15/h4,6-9H,2-3,5,10-14H2,1H3,(H,21,24)(H2,20,22,23,27). The molecule has 0 fully saturated rings. The van der Waals surface area contributed by atoms with E-state index in [2.05, 4.69) is 23.1 Å². The molecule has 1 aromatic carbocycles. The molecule has 0 saturated carbocycles. The van der Waals surface area contributed by atoms with Crippen LogP contribution < -0.4 is 16.2 Å². The van der Waals surface area contributed by atoms with E-state index in [0.29, 0.717) is 12.8 Å². The number of esters is 1. The third kappa shape index (κ3) is 11.7. The lowest BCUT2D eigenvalue weighted by Crippen LogP contribution is -2.48. The molecule has 0 spiro atoms. The number of hydrogen-bond donors (Lipinski definition) is 3. The molecule has 2 amide bonds. The fourth-order valence-corrected chi connectivity index (χ4v) is 2.32. The van der Waals surface area contributed by atoms with Crippen molar-refractivity contribution in [2.75, 3.05) is 6.61 Å². The molecule has 0 aliphatic heterocycles. The summed E-state index contributed by atoms with van der Waals surface area (Å²) in [4.78, 5) is 34.9. The minimum atomic E-state index is -0.441. The molecule has 0 bridgehead atoms. The van der Waals surface area contributed by atoms with Gasteiger partial charge in [0.15, 0.2) is 5.11 Å². The third-order valence-corrected chi connectivity index (χ3v) is 3.83. The van der Waals surface area contributed by atoms with Crippen LogP contribution in [-0.4, -0.2) is 29.5 Å². The van der Waals surface area contributed by atoms with Crippen molar-refractivity contribution in [2.45, 2.75) is 51.9 Å². The quantitative estimate of drug-likeness (QED) is 0.244. The zero-order valence-corrected chi connectivity index (χ0v) is 16.4. The van der Waals surface area contributed by atoms with Crippen molar-refractivity contribution in [3.8, 4) is 0 Å². The average Bonchev–Trinajstić information content (AvgIpc) is 2.66. The van der Waals surface area contributed by atoms with Crippen LogP contribution in [0.3, 0.4) is 0 Å². The third-order valence-electron chi connectivity index (χ3n) is 3.63. The van der Waals surface area contributed by atoms with Crippen LogP contribution in [0.5, 0.6) is 0 Å². The van der Waals surface area contributed by atoms with Crippen LogP contribution in [-0.2, 0) is 25.5 Å². The molecule has 148 valence electrons. The number of hydrazine groups is 1. The molecule has 0 aliphatic carbocycles. The highest BCUT2D eigenvalue weighted by molar-refractivity contribution is 7.80. The molecule has 1 aromatic rings. The maximum absolute atomic E-state index is 11.7. The molecule has 0 radical (unpaired) electrons. The molecule has 1 rings (SSSR count). The van der Waals surface area contributed by atoms with Crippen molar-refractivity contribution >= 4 is 35.1 Å². The van der Waals surface area contributed by atoms with Crippen molar-refractivity contribution in [1.29, 1.82) is 0 Å². The van der Waals surface area contributed by atoms with E-state index in [1.165, 1.54) is 0 Å². The highest BCUT2D eigenvalue weighted by Crippen LogP contribution is 2.01. The van der Waals surface area contributed by atoms with Gasteiger partial charge in [0, 0.05) is 19.3 Å². The summed E-state index contributed by atoms with van der Waals surface area (Å²) in [5.41, 5.74) is 5.96. The van der Waals surface area contributed by atoms with Crippen molar-refractivity contribution in [1.82, 2.24) is 16.2 Å². The van der Waals surface area contributed by atoms with Crippen molar-refractivity contribution < 1.29 is 19.1 Å². The molecule has 8 heteroatoms. The number of nitrogens with one attached hydrogen (secondary N) is 3. The van der Waals surface area contributed by atoms with Crippen molar-refractivity contribution in [2.24, 2.45) is 0 Å². The fraction of sp³-hybridized carbons (Fsp3) is 0.474. The van der Waals surface area contributed by atoms with Gasteiger partial charge in [-0.25, -0.2) is 0 Å². The van der Waals surface area contributed by atoms with Gasteiger partial charge in [-0.15, -0.1) is 0 Å². The Bertz CT molecular complexity index is 623. The Morgan fingerprint density at radius 2 is 1.70 bits per heavy atom. The van der Waals surface area contributed by atoms with Crippen LogP contribution >= 0.6 is 12.2 Å². The molecule has 0 saturated heterocycles. The topological polar surface area (TPSA) is 96.5 Å². The van der Waals surface area contributed by atoms with Crippen LogP contribution in [0.2, 0.25) is 0 Å². The largest absolute Gasteiger partial charge is 0.465 e. The Labute approximate surface area is 165 Å². The first-order valence-corrected chi connectivity index (χ1v) is 9.50. The first-order chi connectivity index (χ1) is 13.0.